The minimum Gasteiger partial charge on any atom is -0.374 e. The molecule has 0 aromatic carbocycles. The highest BCUT2D eigenvalue weighted by atomic mass is 16.5. The Labute approximate surface area is 177 Å². The summed E-state index contributed by atoms with van der Waals surface area (Å²) in [7, 11) is 0. The molecule has 2 bridgehead atoms. The van der Waals surface area contributed by atoms with Gasteiger partial charge in [-0.3, -0.25) is 9.59 Å². The van der Waals surface area contributed by atoms with Crippen LogP contribution in [-0.4, -0.2) is 37.1 Å². The number of amides is 2. The van der Waals surface area contributed by atoms with Crippen molar-refractivity contribution in [1.29, 1.82) is 0 Å². The van der Waals surface area contributed by atoms with E-state index in [0.717, 1.165) is 44.9 Å². The lowest BCUT2D eigenvalue weighted by atomic mass is 9.77. The van der Waals surface area contributed by atoms with Gasteiger partial charge in [-0.25, -0.2) is 0 Å². The largest absolute Gasteiger partial charge is 0.374 e. The molecule has 29 heavy (non-hydrogen) atoms. The fourth-order valence-electron chi connectivity index (χ4n) is 4.51. The maximum atomic E-state index is 12.8. The van der Waals surface area contributed by atoms with Crippen LogP contribution in [0.1, 0.15) is 85.5 Å². The van der Waals surface area contributed by atoms with Crippen LogP contribution in [0.2, 0.25) is 0 Å². The predicted octanol–water partition coefficient (Wildman–Crippen LogP) is 4.37. The maximum absolute atomic E-state index is 12.8. The standard InChI is InChI=1S/C24H42N2O3/c1-5-7-9-10-11-13-18-19(21-15-14-20(18)29-21)17-26-23(28)24(3,4)22(27)25-16-12-8-6-2/h10-11,18-21H,5-9,12-17H2,1-4H3,(H,25,27)(H,26,28)/t18-,19+,20-,21+/m0/s1. The average Bonchev–Trinajstić information content (AvgIpc) is 3.30. The summed E-state index contributed by atoms with van der Waals surface area (Å²) in [5.74, 6) is 0.436. The van der Waals surface area contributed by atoms with Gasteiger partial charge in [0.05, 0.1) is 12.2 Å². The fourth-order valence-corrected chi connectivity index (χ4v) is 4.51. The van der Waals surface area contributed by atoms with Gasteiger partial charge in [-0.15, -0.1) is 0 Å². The summed E-state index contributed by atoms with van der Waals surface area (Å²) in [4.78, 5) is 25.2. The van der Waals surface area contributed by atoms with Crippen molar-refractivity contribution in [1.82, 2.24) is 10.6 Å². The molecule has 2 aliphatic heterocycles. The smallest absolute Gasteiger partial charge is 0.235 e. The third kappa shape index (κ3) is 6.56. The van der Waals surface area contributed by atoms with Gasteiger partial charge < -0.3 is 15.4 Å². The van der Waals surface area contributed by atoms with Gasteiger partial charge in [0, 0.05) is 19.0 Å². The number of rotatable bonds is 13. The molecule has 5 nitrogen and oxygen atoms in total. The highest BCUT2D eigenvalue weighted by Crippen LogP contribution is 2.45. The van der Waals surface area contributed by atoms with E-state index < -0.39 is 5.41 Å². The Hall–Kier alpha value is -1.36. The SMILES string of the molecule is CCCCC=CC[C@H]1[C@@H](CNC(=O)C(C)(C)C(=O)NCCCCC)[C@H]2CC[C@@H]1O2. The number of hydrogen-bond donors (Lipinski definition) is 2. The van der Waals surface area contributed by atoms with Crippen LogP contribution in [0.25, 0.3) is 0 Å². The van der Waals surface area contributed by atoms with Gasteiger partial charge in [-0.1, -0.05) is 51.7 Å². The first-order valence-corrected chi connectivity index (χ1v) is 11.8. The Morgan fingerprint density at radius 2 is 1.59 bits per heavy atom. The van der Waals surface area contributed by atoms with Crippen molar-refractivity contribution < 1.29 is 14.3 Å². The highest BCUT2D eigenvalue weighted by Gasteiger charge is 2.48. The first-order chi connectivity index (χ1) is 13.9. The van der Waals surface area contributed by atoms with Crippen LogP contribution in [0, 0.1) is 17.3 Å². The summed E-state index contributed by atoms with van der Waals surface area (Å²) in [5.41, 5.74) is -1.06. The zero-order valence-corrected chi connectivity index (χ0v) is 19.0. The van der Waals surface area contributed by atoms with E-state index in [1.807, 2.05) is 0 Å². The molecule has 0 saturated carbocycles. The zero-order valence-electron chi connectivity index (χ0n) is 19.0. The van der Waals surface area contributed by atoms with E-state index in [4.69, 9.17) is 4.74 Å². The monoisotopic (exact) mass is 406 g/mol. The van der Waals surface area contributed by atoms with E-state index in [2.05, 4.69) is 36.6 Å². The third-order valence-corrected chi connectivity index (χ3v) is 6.59. The highest BCUT2D eigenvalue weighted by molar-refractivity contribution is 6.04. The van der Waals surface area contributed by atoms with Crippen LogP contribution in [0.15, 0.2) is 12.2 Å². The first-order valence-electron chi connectivity index (χ1n) is 11.8. The Bertz CT molecular complexity index is 558. The minimum absolute atomic E-state index is 0.189. The lowest BCUT2D eigenvalue weighted by Crippen LogP contribution is -2.50. The summed E-state index contributed by atoms with van der Waals surface area (Å²) in [6.07, 6.45) is 15.2. The van der Waals surface area contributed by atoms with Crippen molar-refractivity contribution in [3.05, 3.63) is 12.2 Å². The van der Waals surface area contributed by atoms with Crippen LogP contribution in [-0.2, 0) is 14.3 Å². The van der Waals surface area contributed by atoms with Crippen LogP contribution in [0.5, 0.6) is 0 Å². The van der Waals surface area contributed by atoms with Crippen LogP contribution >= 0.6 is 0 Å². The van der Waals surface area contributed by atoms with Gasteiger partial charge in [-0.05, 0) is 51.9 Å². The molecule has 0 radical (unpaired) electrons. The number of unbranched alkanes of at least 4 members (excludes halogenated alkanes) is 4. The number of fused-ring (bicyclic) bond motifs is 2. The molecule has 0 aromatic rings. The van der Waals surface area contributed by atoms with Gasteiger partial charge >= 0.3 is 0 Å². The zero-order chi connectivity index (χ0) is 21.3. The quantitative estimate of drug-likeness (QED) is 0.271. The van der Waals surface area contributed by atoms with Crippen molar-refractivity contribution in [3.63, 3.8) is 0 Å². The van der Waals surface area contributed by atoms with E-state index >= 15 is 0 Å². The molecule has 2 rings (SSSR count). The molecule has 2 fully saturated rings. The summed E-state index contributed by atoms with van der Waals surface area (Å²) in [5, 5.41) is 5.98. The van der Waals surface area contributed by atoms with E-state index in [0.29, 0.717) is 31.0 Å². The normalized spacial score (nSPS) is 26.2. The van der Waals surface area contributed by atoms with Gasteiger partial charge in [0.2, 0.25) is 11.8 Å². The Morgan fingerprint density at radius 3 is 2.28 bits per heavy atom. The van der Waals surface area contributed by atoms with E-state index in [1.54, 1.807) is 13.8 Å². The van der Waals surface area contributed by atoms with Crippen molar-refractivity contribution in [3.8, 4) is 0 Å². The van der Waals surface area contributed by atoms with E-state index in [1.165, 1.54) is 12.8 Å². The average molecular weight is 407 g/mol. The second-order valence-corrected chi connectivity index (χ2v) is 9.27. The van der Waals surface area contributed by atoms with E-state index in [9.17, 15) is 9.59 Å². The Morgan fingerprint density at radius 1 is 0.931 bits per heavy atom. The number of ether oxygens (including phenoxy) is 1. The number of nitrogens with one attached hydrogen (secondary N) is 2. The summed E-state index contributed by atoms with van der Waals surface area (Å²) >= 11 is 0. The van der Waals surface area contributed by atoms with Gasteiger partial charge in [0.1, 0.15) is 5.41 Å². The number of allylic oxidation sites excluding steroid dienone is 2. The molecule has 2 heterocycles. The van der Waals surface area contributed by atoms with Gasteiger partial charge in [0.25, 0.3) is 0 Å². The third-order valence-electron chi connectivity index (χ3n) is 6.59. The lowest BCUT2D eigenvalue weighted by molar-refractivity contribution is -0.141. The molecular weight excluding hydrogens is 364 g/mol. The van der Waals surface area contributed by atoms with Crippen molar-refractivity contribution in [2.24, 2.45) is 17.3 Å². The molecule has 2 aliphatic rings. The Kier molecular flexibility index (Phi) is 9.67. The maximum Gasteiger partial charge on any atom is 0.235 e. The summed E-state index contributed by atoms with van der Waals surface area (Å²) in [6.45, 7) is 9.00. The molecule has 4 atom stereocenters. The van der Waals surface area contributed by atoms with Crippen molar-refractivity contribution >= 4 is 11.8 Å². The molecule has 5 heteroatoms. The molecule has 0 spiro atoms. The van der Waals surface area contributed by atoms with Crippen LogP contribution in [0.3, 0.4) is 0 Å². The van der Waals surface area contributed by atoms with Crippen LogP contribution < -0.4 is 10.6 Å². The number of carbonyl (C=O) groups is 2. The Balaban J connectivity index is 1.83. The van der Waals surface area contributed by atoms with Gasteiger partial charge in [0.15, 0.2) is 0 Å². The summed E-state index contributed by atoms with van der Waals surface area (Å²) < 4.78 is 6.15. The molecule has 0 aromatic heterocycles. The fraction of sp³-hybridized carbons (Fsp3) is 0.833. The molecule has 2 amide bonds. The molecule has 0 unspecified atom stereocenters. The first kappa shape index (κ1) is 23.9. The molecule has 2 saturated heterocycles. The second-order valence-electron chi connectivity index (χ2n) is 9.27. The van der Waals surface area contributed by atoms with E-state index in [-0.39, 0.29) is 17.9 Å². The summed E-state index contributed by atoms with van der Waals surface area (Å²) in [6, 6.07) is 0. The predicted molar refractivity (Wildman–Crippen MR) is 117 cm³/mol. The number of hydrogen-bond acceptors (Lipinski definition) is 3. The lowest BCUT2D eigenvalue weighted by Gasteiger charge is -2.29. The van der Waals surface area contributed by atoms with Gasteiger partial charge in [-0.2, -0.15) is 0 Å². The number of carbonyl (C=O) groups excluding carboxylic acids is 2. The molecular formula is C24H42N2O3. The van der Waals surface area contributed by atoms with Crippen molar-refractivity contribution in [2.45, 2.75) is 97.7 Å². The topological polar surface area (TPSA) is 67.4 Å². The molecule has 0 aliphatic carbocycles. The van der Waals surface area contributed by atoms with Crippen molar-refractivity contribution in [2.75, 3.05) is 13.1 Å². The molecule has 2 N–H and O–H groups in total. The van der Waals surface area contributed by atoms with Crippen LogP contribution in [0.4, 0.5) is 0 Å². The molecule has 166 valence electrons. The minimum atomic E-state index is -1.06. The second kappa shape index (κ2) is 11.7.